The Morgan fingerprint density at radius 2 is 2.21 bits per heavy atom. The molecule has 2 atom stereocenters. The van der Waals surface area contributed by atoms with E-state index in [4.69, 9.17) is 9.72 Å². The number of anilines is 1. The molecule has 0 unspecified atom stereocenters. The number of carboxylic acids is 1. The van der Waals surface area contributed by atoms with Crippen LogP contribution in [0.1, 0.15) is 10.4 Å². The summed E-state index contributed by atoms with van der Waals surface area (Å²) in [4.78, 5) is 35.2. The molecule has 9 nitrogen and oxygen atoms in total. The van der Waals surface area contributed by atoms with Gasteiger partial charge in [0.1, 0.15) is 11.4 Å². The Hall–Kier alpha value is -2.82. The van der Waals surface area contributed by atoms with E-state index in [1.165, 1.54) is 17.5 Å². The molecule has 0 aromatic carbocycles. The molecule has 4 rings (SSSR count). The molecule has 0 amide bonds. The van der Waals surface area contributed by atoms with E-state index in [1.807, 2.05) is 7.05 Å². The molecule has 3 aromatic heterocycles. The summed E-state index contributed by atoms with van der Waals surface area (Å²) in [5.41, 5.74) is -0.490. The topological polar surface area (TPSA) is 110 Å². The Balaban J connectivity index is 1.87. The van der Waals surface area contributed by atoms with Gasteiger partial charge in [-0.2, -0.15) is 0 Å². The SMILES string of the molecule is CN[C@@H]1CN(c2ccc3c(=O)c(C(=O)O)cn(-c4nccs4)c3n2)C[C@H]1OC. The first-order valence-corrected chi connectivity index (χ1v) is 9.56. The van der Waals surface area contributed by atoms with Crippen LogP contribution >= 0.6 is 11.3 Å². The van der Waals surface area contributed by atoms with Crippen molar-refractivity contribution >= 4 is 34.2 Å². The number of nitrogens with one attached hydrogen (secondary N) is 1. The number of nitrogens with zero attached hydrogens (tertiary/aromatic N) is 4. The average molecular weight is 401 g/mol. The standard InChI is InChI=1S/C18H19N5O4S/c1-19-12-8-22(9-13(12)27-2)14-4-3-10-15(24)11(17(25)26)7-23(16(10)21-14)18-20-5-6-28-18/h3-7,12-13,19H,8-9H2,1-2H3,(H,25,26)/t12-,13-/m1/s1. The summed E-state index contributed by atoms with van der Waals surface area (Å²) < 4.78 is 7.10. The van der Waals surface area contributed by atoms with Gasteiger partial charge in [-0.3, -0.25) is 9.36 Å². The molecule has 0 saturated carbocycles. The minimum Gasteiger partial charge on any atom is -0.477 e. The molecule has 28 heavy (non-hydrogen) atoms. The molecule has 1 saturated heterocycles. The van der Waals surface area contributed by atoms with Crippen LogP contribution in [0.4, 0.5) is 5.82 Å². The lowest BCUT2D eigenvalue weighted by atomic mass is 10.2. The third-order valence-electron chi connectivity index (χ3n) is 4.96. The fraction of sp³-hybridized carbons (Fsp3) is 0.333. The number of rotatable bonds is 5. The molecular weight excluding hydrogens is 382 g/mol. The highest BCUT2D eigenvalue weighted by Gasteiger charge is 2.32. The highest BCUT2D eigenvalue weighted by molar-refractivity contribution is 7.12. The molecule has 1 aliphatic rings. The normalized spacial score (nSPS) is 19.4. The van der Waals surface area contributed by atoms with E-state index < -0.39 is 11.4 Å². The molecule has 2 N–H and O–H groups in total. The zero-order valence-corrected chi connectivity index (χ0v) is 16.1. The summed E-state index contributed by atoms with van der Waals surface area (Å²) in [6.45, 7) is 1.37. The molecule has 0 aliphatic carbocycles. The minimum absolute atomic E-state index is 0.0260. The van der Waals surface area contributed by atoms with E-state index in [2.05, 4.69) is 15.2 Å². The monoisotopic (exact) mass is 401 g/mol. The Bertz CT molecular complexity index is 1070. The van der Waals surface area contributed by atoms with Crippen molar-refractivity contribution in [2.75, 3.05) is 32.1 Å². The number of carbonyl (C=O) groups is 1. The molecule has 3 aromatic rings. The van der Waals surface area contributed by atoms with Crippen molar-refractivity contribution in [1.29, 1.82) is 0 Å². The Morgan fingerprint density at radius 3 is 2.82 bits per heavy atom. The van der Waals surface area contributed by atoms with Gasteiger partial charge in [0.25, 0.3) is 0 Å². The highest BCUT2D eigenvalue weighted by atomic mass is 32.1. The van der Waals surface area contributed by atoms with Gasteiger partial charge < -0.3 is 20.1 Å². The van der Waals surface area contributed by atoms with Crippen molar-refractivity contribution in [3.05, 3.63) is 45.7 Å². The molecule has 0 bridgehead atoms. The van der Waals surface area contributed by atoms with Gasteiger partial charge in [-0.25, -0.2) is 14.8 Å². The van der Waals surface area contributed by atoms with Crippen LogP contribution in [0.2, 0.25) is 0 Å². The van der Waals surface area contributed by atoms with E-state index in [-0.39, 0.29) is 23.1 Å². The maximum atomic E-state index is 12.6. The number of ether oxygens (including phenoxy) is 1. The number of aromatic carboxylic acids is 1. The van der Waals surface area contributed by atoms with Crippen LogP contribution in [-0.2, 0) is 4.74 Å². The fourth-order valence-electron chi connectivity index (χ4n) is 3.48. The lowest BCUT2D eigenvalue weighted by Crippen LogP contribution is -2.37. The van der Waals surface area contributed by atoms with Crippen molar-refractivity contribution < 1.29 is 14.6 Å². The number of likely N-dealkylation sites (N-methyl/N-ethyl adjacent to an activating group) is 1. The summed E-state index contributed by atoms with van der Waals surface area (Å²) in [5, 5.41) is 15.2. The average Bonchev–Trinajstić information content (AvgIpc) is 3.37. The van der Waals surface area contributed by atoms with Crippen LogP contribution in [-0.4, -0.2) is 65.0 Å². The van der Waals surface area contributed by atoms with Gasteiger partial charge in [-0.05, 0) is 19.2 Å². The molecule has 146 valence electrons. The van der Waals surface area contributed by atoms with Gasteiger partial charge in [0, 0.05) is 38.0 Å². The van der Waals surface area contributed by atoms with Crippen LogP contribution in [0.3, 0.4) is 0 Å². The minimum atomic E-state index is -1.28. The number of hydrogen-bond donors (Lipinski definition) is 2. The smallest absolute Gasteiger partial charge is 0.341 e. The van der Waals surface area contributed by atoms with Crippen LogP contribution in [0.5, 0.6) is 0 Å². The molecule has 1 fully saturated rings. The van der Waals surface area contributed by atoms with Crippen LogP contribution in [0.15, 0.2) is 34.7 Å². The second-order valence-electron chi connectivity index (χ2n) is 6.48. The van der Waals surface area contributed by atoms with Gasteiger partial charge >= 0.3 is 5.97 Å². The summed E-state index contributed by atoms with van der Waals surface area (Å²) in [5.74, 6) is -0.583. The quantitative estimate of drug-likeness (QED) is 0.651. The molecule has 0 radical (unpaired) electrons. The first-order chi connectivity index (χ1) is 13.5. The van der Waals surface area contributed by atoms with E-state index in [9.17, 15) is 14.7 Å². The van der Waals surface area contributed by atoms with Crippen LogP contribution in [0.25, 0.3) is 16.2 Å². The highest BCUT2D eigenvalue weighted by Crippen LogP contribution is 2.24. The largest absolute Gasteiger partial charge is 0.477 e. The zero-order valence-electron chi connectivity index (χ0n) is 15.3. The lowest BCUT2D eigenvalue weighted by molar-refractivity contribution is 0.0695. The third-order valence-corrected chi connectivity index (χ3v) is 5.73. The summed E-state index contributed by atoms with van der Waals surface area (Å²) in [6.07, 6.45) is 2.94. The molecule has 1 aliphatic heterocycles. The molecular formula is C18H19N5O4S. The van der Waals surface area contributed by atoms with Gasteiger partial charge in [-0.1, -0.05) is 0 Å². The van der Waals surface area contributed by atoms with Crippen molar-refractivity contribution in [3.63, 3.8) is 0 Å². The maximum absolute atomic E-state index is 12.6. The van der Waals surface area contributed by atoms with Crippen molar-refractivity contribution in [1.82, 2.24) is 19.9 Å². The number of thiazole rings is 1. The Morgan fingerprint density at radius 1 is 1.39 bits per heavy atom. The van der Waals surface area contributed by atoms with Gasteiger partial charge in [0.2, 0.25) is 5.43 Å². The zero-order chi connectivity index (χ0) is 19.8. The van der Waals surface area contributed by atoms with E-state index in [1.54, 1.807) is 35.4 Å². The van der Waals surface area contributed by atoms with E-state index in [0.29, 0.717) is 29.7 Å². The molecule has 4 heterocycles. The second kappa shape index (κ2) is 7.30. The van der Waals surface area contributed by atoms with Gasteiger partial charge in [-0.15, -0.1) is 11.3 Å². The Labute approximate surface area is 164 Å². The number of methoxy groups -OCH3 is 1. The predicted molar refractivity (Wildman–Crippen MR) is 106 cm³/mol. The fourth-order valence-corrected chi connectivity index (χ4v) is 4.10. The first-order valence-electron chi connectivity index (χ1n) is 8.68. The van der Waals surface area contributed by atoms with Crippen molar-refractivity contribution in [2.24, 2.45) is 0 Å². The van der Waals surface area contributed by atoms with Gasteiger partial charge in [0.15, 0.2) is 10.8 Å². The summed E-state index contributed by atoms with van der Waals surface area (Å²) in [7, 11) is 3.57. The van der Waals surface area contributed by atoms with E-state index >= 15 is 0 Å². The summed E-state index contributed by atoms with van der Waals surface area (Å²) in [6, 6.07) is 3.54. The van der Waals surface area contributed by atoms with Crippen molar-refractivity contribution in [2.45, 2.75) is 12.1 Å². The first kappa shape index (κ1) is 18.5. The maximum Gasteiger partial charge on any atom is 0.341 e. The van der Waals surface area contributed by atoms with Crippen LogP contribution < -0.4 is 15.6 Å². The summed E-state index contributed by atoms with van der Waals surface area (Å²) >= 11 is 1.34. The van der Waals surface area contributed by atoms with Crippen LogP contribution in [0, 0.1) is 0 Å². The Kier molecular flexibility index (Phi) is 4.84. The third kappa shape index (κ3) is 3.05. The number of carboxylic acid groups (broad SMARTS) is 1. The number of hydrogen-bond acceptors (Lipinski definition) is 8. The predicted octanol–water partition coefficient (Wildman–Crippen LogP) is 0.963. The van der Waals surface area contributed by atoms with E-state index in [0.717, 1.165) is 0 Å². The number of fused-ring (bicyclic) bond motifs is 1. The second-order valence-corrected chi connectivity index (χ2v) is 7.35. The number of aromatic nitrogens is 3. The molecule has 10 heteroatoms. The molecule has 0 spiro atoms. The van der Waals surface area contributed by atoms with Gasteiger partial charge in [0.05, 0.1) is 17.5 Å². The number of pyridine rings is 2. The van der Waals surface area contributed by atoms with Crippen molar-refractivity contribution in [3.8, 4) is 5.13 Å². The lowest BCUT2D eigenvalue weighted by Gasteiger charge is -2.18.